The molecule has 0 amide bonds. The third-order valence-electron chi connectivity index (χ3n) is 14.0. The van der Waals surface area contributed by atoms with Crippen LogP contribution in [0, 0.1) is 41.5 Å². The molecule has 2 heterocycles. The Morgan fingerprint density at radius 2 is 0.812 bits per heavy atom. The Hall–Kier alpha value is -7.03. The van der Waals surface area contributed by atoms with E-state index in [1.807, 2.05) is 0 Å². The van der Waals surface area contributed by atoms with Gasteiger partial charge >= 0.3 is 0 Å². The molecule has 0 N–H and O–H groups in total. The summed E-state index contributed by atoms with van der Waals surface area (Å²) >= 11 is 0. The van der Waals surface area contributed by atoms with Gasteiger partial charge < -0.3 is 9.80 Å². The first kappa shape index (κ1) is 39.8. The van der Waals surface area contributed by atoms with Crippen LogP contribution in [0.4, 0.5) is 34.1 Å². The summed E-state index contributed by atoms with van der Waals surface area (Å²) in [4.78, 5) is 5.12. The number of hydrogen-bond acceptors (Lipinski definition) is 2. The number of fused-ring (bicyclic) bond motifs is 4. The molecular formula is C60H52B2N2. The van der Waals surface area contributed by atoms with Crippen molar-refractivity contribution in [1.29, 1.82) is 0 Å². The lowest BCUT2D eigenvalue weighted by molar-refractivity contribution is 1.04. The summed E-state index contributed by atoms with van der Waals surface area (Å²) in [7, 11) is 0. The zero-order valence-corrected chi connectivity index (χ0v) is 37.8. The number of benzene rings is 8. The Balaban J connectivity index is 1.27. The first-order valence-corrected chi connectivity index (χ1v) is 23.0. The predicted octanol–water partition coefficient (Wildman–Crippen LogP) is 11.5. The van der Waals surface area contributed by atoms with Crippen molar-refractivity contribution in [3.8, 4) is 11.1 Å². The van der Waals surface area contributed by atoms with E-state index in [4.69, 9.17) is 0 Å². The second-order valence-corrected chi connectivity index (χ2v) is 18.4. The van der Waals surface area contributed by atoms with Gasteiger partial charge in [-0.2, -0.15) is 0 Å². The third-order valence-corrected chi connectivity index (χ3v) is 14.0. The van der Waals surface area contributed by atoms with Crippen molar-refractivity contribution in [3.63, 3.8) is 0 Å². The van der Waals surface area contributed by atoms with E-state index in [0.29, 0.717) is 0 Å². The summed E-state index contributed by atoms with van der Waals surface area (Å²) < 4.78 is 0. The summed E-state index contributed by atoms with van der Waals surface area (Å²) in [5.41, 5.74) is 28.2. The van der Waals surface area contributed by atoms with Crippen molar-refractivity contribution < 1.29 is 0 Å². The first-order valence-electron chi connectivity index (χ1n) is 23.0. The molecule has 2 aliphatic heterocycles. The quantitative estimate of drug-likeness (QED) is 0.154. The fourth-order valence-electron chi connectivity index (χ4n) is 11.5. The number of anilines is 6. The van der Waals surface area contributed by atoms with E-state index in [0.717, 1.165) is 24.2 Å². The number of rotatable bonds is 6. The smallest absolute Gasteiger partial charge is 0.247 e. The number of para-hydroxylation sites is 2. The molecule has 64 heavy (non-hydrogen) atoms. The van der Waals surface area contributed by atoms with Crippen LogP contribution in [0.15, 0.2) is 182 Å². The van der Waals surface area contributed by atoms with E-state index >= 15 is 0 Å². The summed E-state index contributed by atoms with van der Waals surface area (Å²) in [6, 6.07) is 62.1. The number of allylic oxidation sites excluding steroid dienone is 4. The molecule has 11 rings (SSSR count). The van der Waals surface area contributed by atoms with E-state index in [2.05, 4.69) is 233 Å². The van der Waals surface area contributed by atoms with Crippen LogP contribution in [-0.4, -0.2) is 13.4 Å². The van der Waals surface area contributed by atoms with Crippen LogP contribution in [0.5, 0.6) is 0 Å². The molecule has 0 bridgehead atoms. The van der Waals surface area contributed by atoms with Gasteiger partial charge in [-0.25, -0.2) is 0 Å². The molecule has 0 saturated carbocycles. The first-order chi connectivity index (χ1) is 31.2. The van der Waals surface area contributed by atoms with Gasteiger partial charge in [-0.05, 0) is 141 Å². The maximum Gasteiger partial charge on any atom is 0.247 e. The summed E-state index contributed by atoms with van der Waals surface area (Å²) in [6.07, 6.45) is 9.19. The van der Waals surface area contributed by atoms with Crippen LogP contribution in [0.25, 0.3) is 16.7 Å². The van der Waals surface area contributed by atoms with E-state index in [9.17, 15) is 0 Å². The van der Waals surface area contributed by atoms with Gasteiger partial charge in [0.25, 0.3) is 0 Å². The topological polar surface area (TPSA) is 6.48 Å². The molecule has 308 valence electrons. The van der Waals surface area contributed by atoms with Crippen LogP contribution in [-0.2, 0) is 0 Å². The van der Waals surface area contributed by atoms with Gasteiger partial charge in [-0.3, -0.25) is 0 Å². The van der Waals surface area contributed by atoms with Crippen LogP contribution in [0.2, 0.25) is 0 Å². The maximum atomic E-state index is 2.63. The van der Waals surface area contributed by atoms with Crippen molar-refractivity contribution in [2.75, 3.05) is 9.80 Å². The lowest BCUT2D eigenvalue weighted by Gasteiger charge is -2.43. The van der Waals surface area contributed by atoms with Crippen LogP contribution in [0.3, 0.4) is 0 Å². The van der Waals surface area contributed by atoms with Crippen LogP contribution >= 0.6 is 0 Å². The second kappa shape index (κ2) is 16.0. The molecule has 0 saturated heterocycles. The third kappa shape index (κ3) is 6.67. The second-order valence-electron chi connectivity index (χ2n) is 18.4. The SMILES string of the molecule is Cc1cc(C)c(B2c3ccc(C4=CCCC=C4)cc3N(c3ccccc3)c3cc4c(cc32)B(c2c(C)cc(C)cc2C)c2ccc(-c3ccccc3)cc2N4c2ccccc2)c(C)c1. The van der Waals surface area contributed by atoms with Crippen molar-refractivity contribution in [2.24, 2.45) is 0 Å². The molecule has 0 radical (unpaired) electrons. The number of hydrogen-bond donors (Lipinski definition) is 0. The monoisotopic (exact) mass is 822 g/mol. The molecule has 4 heteroatoms. The molecular weight excluding hydrogens is 770 g/mol. The van der Waals surface area contributed by atoms with Gasteiger partial charge in [0.05, 0.1) is 0 Å². The Labute approximate surface area is 380 Å². The Morgan fingerprint density at radius 3 is 1.28 bits per heavy atom. The van der Waals surface area contributed by atoms with Crippen molar-refractivity contribution >= 4 is 85.9 Å². The maximum absolute atomic E-state index is 2.63. The van der Waals surface area contributed by atoms with E-state index in [1.165, 1.54) is 111 Å². The van der Waals surface area contributed by atoms with Crippen LogP contribution < -0.4 is 42.6 Å². The van der Waals surface area contributed by atoms with Crippen LogP contribution in [0.1, 0.15) is 51.8 Å². The summed E-state index contributed by atoms with van der Waals surface area (Å²) in [5.74, 6) is 0. The zero-order valence-electron chi connectivity index (χ0n) is 37.8. The van der Waals surface area contributed by atoms with Crippen molar-refractivity contribution in [2.45, 2.75) is 54.4 Å². The van der Waals surface area contributed by atoms with Gasteiger partial charge in [0.2, 0.25) is 13.4 Å². The minimum absolute atomic E-state index is 0.000483. The molecule has 0 aromatic heterocycles. The predicted molar refractivity (Wildman–Crippen MR) is 278 cm³/mol. The van der Waals surface area contributed by atoms with Gasteiger partial charge in [-0.15, -0.1) is 0 Å². The van der Waals surface area contributed by atoms with Gasteiger partial charge in [0.1, 0.15) is 0 Å². The fourth-order valence-corrected chi connectivity index (χ4v) is 11.5. The number of nitrogens with zero attached hydrogens (tertiary/aromatic N) is 2. The summed E-state index contributed by atoms with van der Waals surface area (Å²) in [6.45, 7) is 13.7. The molecule has 0 fully saturated rings. The minimum atomic E-state index is 0.000483. The largest absolute Gasteiger partial charge is 0.311 e. The van der Waals surface area contributed by atoms with Gasteiger partial charge in [0, 0.05) is 34.1 Å². The zero-order chi connectivity index (χ0) is 43.6. The number of aryl methyl sites for hydroxylation is 6. The highest BCUT2D eigenvalue weighted by molar-refractivity contribution is 7.01. The highest BCUT2D eigenvalue weighted by Gasteiger charge is 2.43. The average molecular weight is 823 g/mol. The Kier molecular flexibility index (Phi) is 9.92. The fraction of sp³-hybridized carbons (Fsp3) is 0.133. The Bertz CT molecular complexity index is 3140. The molecule has 0 spiro atoms. The van der Waals surface area contributed by atoms with Crippen molar-refractivity contribution in [1.82, 2.24) is 0 Å². The molecule has 8 aromatic rings. The normalized spacial score (nSPS) is 13.9. The van der Waals surface area contributed by atoms with Crippen molar-refractivity contribution in [3.05, 3.63) is 221 Å². The molecule has 3 aliphatic rings. The van der Waals surface area contributed by atoms with Gasteiger partial charge in [-0.1, -0.05) is 184 Å². The molecule has 0 atom stereocenters. The lowest BCUT2D eigenvalue weighted by atomic mass is 9.30. The van der Waals surface area contributed by atoms with E-state index < -0.39 is 0 Å². The highest BCUT2D eigenvalue weighted by atomic mass is 15.2. The highest BCUT2D eigenvalue weighted by Crippen LogP contribution is 2.44. The van der Waals surface area contributed by atoms with E-state index in [-0.39, 0.29) is 13.4 Å². The van der Waals surface area contributed by atoms with Gasteiger partial charge in [0.15, 0.2) is 0 Å². The molecule has 0 unspecified atom stereocenters. The molecule has 2 nitrogen and oxygen atoms in total. The van der Waals surface area contributed by atoms with E-state index in [1.54, 1.807) is 0 Å². The average Bonchev–Trinajstić information content (AvgIpc) is 3.31. The lowest BCUT2D eigenvalue weighted by Crippen LogP contribution is -2.63. The standard InChI is InChI=1S/C60H52B2N2/c1-39-31-41(3)59(42(4)32-39)61-51-29-27-47(45-19-11-7-12-20-45)35-55(51)63(49-23-15-9-16-24-49)57-38-58-54(37-53(57)61)62(60-43(5)33-40(2)34-44(60)6)52-30-28-48(46-21-13-8-14-22-46)36-56(52)64(58)50-25-17-10-18-26-50/h7,9-13,15-38H,8,14H2,1-6H3. The molecule has 8 aromatic carbocycles. The Morgan fingerprint density at radius 1 is 0.375 bits per heavy atom. The molecule has 1 aliphatic carbocycles. The minimum Gasteiger partial charge on any atom is -0.311 e. The summed E-state index contributed by atoms with van der Waals surface area (Å²) in [5, 5.41) is 0.